The van der Waals surface area contributed by atoms with Gasteiger partial charge in [-0.05, 0) is 32.4 Å². The van der Waals surface area contributed by atoms with Gasteiger partial charge in [0.1, 0.15) is 18.0 Å². The number of hydrogen-bond donors (Lipinski definition) is 2. The molecule has 2 aliphatic heterocycles. The van der Waals surface area contributed by atoms with E-state index in [1.807, 2.05) is 13.8 Å². The number of carbonyl (C=O) groups excluding carboxylic acids is 1. The van der Waals surface area contributed by atoms with Gasteiger partial charge in [-0.1, -0.05) is 0 Å². The highest BCUT2D eigenvalue weighted by molar-refractivity contribution is 5.93. The summed E-state index contributed by atoms with van der Waals surface area (Å²) in [5.74, 6) is -0.961. The molecule has 0 aromatic carbocycles. The summed E-state index contributed by atoms with van der Waals surface area (Å²) in [4.78, 5) is 22.2. The van der Waals surface area contributed by atoms with Gasteiger partial charge in [0, 0.05) is 31.1 Å². The third kappa shape index (κ3) is 6.34. The van der Waals surface area contributed by atoms with Gasteiger partial charge in [-0.15, -0.1) is 0 Å². The SMILES string of the molecule is CC1(C)OC2CCOC(CNC(=O)c3ccncc3)C2O1.Nc1cncc(C(F)(F)F)n1. The van der Waals surface area contributed by atoms with E-state index >= 15 is 0 Å². The fourth-order valence-electron chi connectivity index (χ4n) is 3.32. The maximum atomic E-state index is 12.0. The van der Waals surface area contributed by atoms with Gasteiger partial charge in [-0.2, -0.15) is 13.2 Å². The first kappa shape index (κ1) is 23.8. The highest BCUT2D eigenvalue weighted by atomic mass is 19.4. The van der Waals surface area contributed by atoms with Crippen LogP contribution < -0.4 is 11.1 Å². The van der Waals surface area contributed by atoms with Crippen molar-refractivity contribution in [3.05, 3.63) is 48.2 Å². The Morgan fingerprint density at radius 2 is 1.94 bits per heavy atom. The zero-order chi connectivity index (χ0) is 23.4. The Kier molecular flexibility index (Phi) is 7.26. The molecule has 2 aromatic heterocycles. The third-order valence-corrected chi connectivity index (χ3v) is 4.67. The topological polar surface area (TPSA) is 121 Å². The molecular formula is C20H24F3N5O4. The van der Waals surface area contributed by atoms with Crippen LogP contribution in [0.5, 0.6) is 0 Å². The summed E-state index contributed by atoms with van der Waals surface area (Å²) in [6.45, 7) is 4.83. The van der Waals surface area contributed by atoms with E-state index in [1.54, 1.807) is 24.5 Å². The van der Waals surface area contributed by atoms with E-state index in [9.17, 15) is 18.0 Å². The fraction of sp³-hybridized carbons (Fsp3) is 0.500. The minimum absolute atomic E-state index is 0.0385. The summed E-state index contributed by atoms with van der Waals surface area (Å²) >= 11 is 0. The average molecular weight is 455 g/mol. The number of amides is 1. The number of nitrogens with one attached hydrogen (secondary N) is 1. The number of nitrogens with two attached hydrogens (primary N) is 1. The average Bonchev–Trinajstić information content (AvgIpc) is 3.07. The number of nitrogens with zero attached hydrogens (tertiary/aromatic N) is 3. The minimum Gasteiger partial charge on any atom is -0.382 e. The molecule has 2 aromatic rings. The fourth-order valence-corrected chi connectivity index (χ4v) is 3.32. The predicted molar refractivity (Wildman–Crippen MR) is 106 cm³/mol. The summed E-state index contributed by atoms with van der Waals surface area (Å²) in [6.07, 6.45) is 0.938. The molecule has 4 heterocycles. The summed E-state index contributed by atoms with van der Waals surface area (Å²) in [6, 6.07) is 3.36. The largest absolute Gasteiger partial charge is 0.434 e. The van der Waals surface area contributed by atoms with E-state index in [0.29, 0.717) is 24.9 Å². The second-order valence-corrected chi connectivity index (χ2v) is 7.61. The lowest BCUT2D eigenvalue weighted by molar-refractivity contribution is -0.153. The molecule has 1 amide bonds. The number of carbonyl (C=O) groups is 1. The molecule has 12 heteroatoms. The maximum Gasteiger partial charge on any atom is 0.434 e. The van der Waals surface area contributed by atoms with Crippen LogP contribution in [0.4, 0.5) is 19.0 Å². The number of aromatic nitrogens is 3. The molecule has 32 heavy (non-hydrogen) atoms. The van der Waals surface area contributed by atoms with E-state index in [-0.39, 0.29) is 30.0 Å². The van der Waals surface area contributed by atoms with Crippen molar-refractivity contribution in [1.29, 1.82) is 0 Å². The quantitative estimate of drug-likeness (QED) is 0.723. The molecule has 174 valence electrons. The molecule has 3 unspecified atom stereocenters. The molecule has 2 fully saturated rings. The van der Waals surface area contributed by atoms with Crippen molar-refractivity contribution >= 4 is 11.7 Å². The number of nitrogen functional groups attached to an aromatic ring is 1. The number of fused-ring (bicyclic) bond motifs is 1. The molecule has 0 spiro atoms. The summed E-state index contributed by atoms with van der Waals surface area (Å²) < 4.78 is 52.9. The maximum absolute atomic E-state index is 12.0. The van der Waals surface area contributed by atoms with Gasteiger partial charge in [-0.25, -0.2) is 4.98 Å². The standard InChI is InChI=1S/C15H20N2O4.C5H4F3N3/c1-15(2)20-11-5-8-19-12(13(11)21-15)9-17-14(18)10-3-6-16-7-4-10;6-5(7,8)3-1-10-2-4(9)11-3/h3-4,6-7,11-13H,5,8-9H2,1-2H3,(H,17,18);1-2H,(H2,9,11). The molecule has 3 atom stereocenters. The van der Waals surface area contributed by atoms with Gasteiger partial charge in [0.05, 0.1) is 18.5 Å². The second-order valence-electron chi connectivity index (χ2n) is 7.61. The number of halogens is 3. The predicted octanol–water partition coefficient (Wildman–Crippen LogP) is 2.20. The van der Waals surface area contributed by atoms with Crippen LogP contribution in [0, 0.1) is 0 Å². The van der Waals surface area contributed by atoms with E-state index in [0.717, 1.165) is 12.6 Å². The van der Waals surface area contributed by atoms with E-state index in [1.165, 1.54) is 0 Å². The first-order valence-corrected chi connectivity index (χ1v) is 9.85. The van der Waals surface area contributed by atoms with Crippen molar-refractivity contribution in [2.75, 3.05) is 18.9 Å². The van der Waals surface area contributed by atoms with Crippen LogP contribution >= 0.6 is 0 Å². The highest BCUT2D eigenvalue weighted by Gasteiger charge is 2.47. The van der Waals surface area contributed by atoms with Crippen LogP contribution in [0.2, 0.25) is 0 Å². The highest BCUT2D eigenvalue weighted by Crippen LogP contribution is 2.35. The van der Waals surface area contributed by atoms with Gasteiger partial charge in [0.15, 0.2) is 11.5 Å². The summed E-state index contributed by atoms with van der Waals surface area (Å²) in [5, 5.41) is 2.88. The van der Waals surface area contributed by atoms with Crippen LogP contribution in [0.15, 0.2) is 36.9 Å². The molecule has 4 rings (SSSR count). The van der Waals surface area contributed by atoms with Crippen molar-refractivity contribution < 1.29 is 32.2 Å². The molecule has 0 saturated carbocycles. The molecular weight excluding hydrogens is 431 g/mol. The lowest BCUT2D eigenvalue weighted by Gasteiger charge is -2.31. The molecule has 2 aliphatic rings. The van der Waals surface area contributed by atoms with Gasteiger partial charge in [0.2, 0.25) is 0 Å². The molecule has 0 aliphatic carbocycles. The van der Waals surface area contributed by atoms with Crippen molar-refractivity contribution in [2.24, 2.45) is 0 Å². The third-order valence-electron chi connectivity index (χ3n) is 4.67. The first-order valence-electron chi connectivity index (χ1n) is 9.85. The van der Waals surface area contributed by atoms with E-state index in [4.69, 9.17) is 19.9 Å². The smallest absolute Gasteiger partial charge is 0.382 e. The number of pyridine rings is 1. The molecule has 0 bridgehead atoms. The number of alkyl halides is 3. The van der Waals surface area contributed by atoms with Gasteiger partial charge < -0.3 is 25.3 Å². The zero-order valence-corrected chi connectivity index (χ0v) is 17.5. The van der Waals surface area contributed by atoms with Gasteiger partial charge >= 0.3 is 6.18 Å². The number of hydrogen-bond acceptors (Lipinski definition) is 8. The molecule has 3 N–H and O–H groups in total. The lowest BCUT2D eigenvalue weighted by atomic mass is 10.0. The number of rotatable bonds is 3. The van der Waals surface area contributed by atoms with Crippen LogP contribution in [0.25, 0.3) is 0 Å². The van der Waals surface area contributed by atoms with Crippen LogP contribution in [0.1, 0.15) is 36.3 Å². The Balaban J connectivity index is 0.000000222. The van der Waals surface area contributed by atoms with Crippen LogP contribution in [0.3, 0.4) is 0 Å². The van der Waals surface area contributed by atoms with Gasteiger partial charge in [-0.3, -0.25) is 14.8 Å². The summed E-state index contributed by atoms with van der Waals surface area (Å²) in [5.41, 5.74) is 4.49. The molecule has 2 saturated heterocycles. The summed E-state index contributed by atoms with van der Waals surface area (Å²) in [7, 11) is 0. The Bertz CT molecular complexity index is 914. The van der Waals surface area contributed by atoms with Gasteiger partial charge in [0.25, 0.3) is 5.91 Å². The monoisotopic (exact) mass is 455 g/mol. The van der Waals surface area contributed by atoms with Crippen molar-refractivity contribution in [1.82, 2.24) is 20.3 Å². The first-order chi connectivity index (χ1) is 15.0. The zero-order valence-electron chi connectivity index (χ0n) is 17.5. The lowest BCUT2D eigenvalue weighted by Crippen LogP contribution is -2.48. The molecule has 0 radical (unpaired) electrons. The number of anilines is 1. The minimum atomic E-state index is -4.47. The van der Waals surface area contributed by atoms with Crippen molar-refractivity contribution in [3.8, 4) is 0 Å². The van der Waals surface area contributed by atoms with E-state index < -0.39 is 17.7 Å². The Hall–Kier alpha value is -2.83. The Morgan fingerprint density at radius 3 is 2.56 bits per heavy atom. The van der Waals surface area contributed by atoms with Crippen molar-refractivity contribution in [3.63, 3.8) is 0 Å². The molecule has 9 nitrogen and oxygen atoms in total. The normalized spacial score (nSPS) is 24.1. The van der Waals surface area contributed by atoms with Crippen LogP contribution in [-0.2, 0) is 20.4 Å². The number of ether oxygens (including phenoxy) is 3. The van der Waals surface area contributed by atoms with Crippen LogP contribution in [-0.4, -0.2) is 58.1 Å². The Morgan fingerprint density at radius 1 is 1.22 bits per heavy atom. The Labute approximate surface area is 182 Å². The van der Waals surface area contributed by atoms with Crippen molar-refractivity contribution in [2.45, 2.75) is 50.5 Å². The second kappa shape index (κ2) is 9.76. The van der Waals surface area contributed by atoms with E-state index in [2.05, 4.69) is 20.3 Å².